The molecule has 0 aliphatic rings. The van der Waals surface area contributed by atoms with Gasteiger partial charge in [0.1, 0.15) is 5.01 Å². The number of nitrogens with zero attached hydrogens (tertiary/aromatic N) is 1. The zero-order valence-corrected chi connectivity index (χ0v) is 17.2. The molecule has 2 aromatic heterocycles. The highest BCUT2D eigenvalue weighted by molar-refractivity contribution is 7.20. The molecule has 27 heavy (non-hydrogen) atoms. The van der Waals surface area contributed by atoms with Gasteiger partial charge in [-0.3, -0.25) is 9.59 Å². The first kappa shape index (κ1) is 19.8. The fourth-order valence-electron chi connectivity index (χ4n) is 2.18. The van der Waals surface area contributed by atoms with Gasteiger partial charge in [-0.25, -0.2) is 4.98 Å². The van der Waals surface area contributed by atoms with Crippen molar-refractivity contribution >= 4 is 63.4 Å². The largest absolute Gasteiger partial charge is 0.452 e. The Morgan fingerprint density at radius 3 is 2.78 bits per heavy atom. The van der Waals surface area contributed by atoms with Gasteiger partial charge in [-0.2, -0.15) is 0 Å². The van der Waals surface area contributed by atoms with Gasteiger partial charge in [-0.15, -0.1) is 22.7 Å². The maximum atomic E-state index is 12.2. The Bertz CT molecular complexity index is 957. The number of anilines is 1. The summed E-state index contributed by atoms with van der Waals surface area (Å²) in [5.41, 5.74) is 0.969. The lowest BCUT2D eigenvalue weighted by Gasteiger charge is -2.14. The third-order valence-electron chi connectivity index (χ3n) is 3.50. The van der Waals surface area contributed by atoms with E-state index < -0.39 is 18.0 Å². The quantitative estimate of drug-likeness (QED) is 0.528. The number of nitrogens with one attached hydrogen (secondary N) is 1. The van der Waals surface area contributed by atoms with Crippen molar-refractivity contribution in [2.24, 2.45) is 0 Å². The Morgan fingerprint density at radius 1 is 1.22 bits per heavy atom. The van der Waals surface area contributed by atoms with Crippen molar-refractivity contribution in [3.63, 3.8) is 0 Å². The summed E-state index contributed by atoms with van der Waals surface area (Å²) < 4.78 is 5.20. The molecule has 2 heterocycles. The van der Waals surface area contributed by atoms with Crippen LogP contribution >= 0.6 is 45.9 Å². The van der Waals surface area contributed by atoms with Gasteiger partial charge in [0.15, 0.2) is 6.10 Å². The molecule has 0 saturated heterocycles. The molecule has 1 unspecified atom stereocenters. The number of amides is 1. The first-order chi connectivity index (χ1) is 12.9. The summed E-state index contributed by atoms with van der Waals surface area (Å²) in [6.45, 7) is 1.49. The highest BCUT2D eigenvalue weighted by atomic mass is 35.5. The van der Waals surface area contributed by atoms with Crippen LogP contribution in [0.3, 0.4) is 0 Å². The molecule has 1 amide bonds. The van der Waals surface area contributed by atoms with Crippen LogP contribution in [-0.2, 0) is 20.7 Å². The van der Waals surface area contributed by atoms with E-state index in [1.165, 1.54) is 18.3 Å². The SMILES string of the molecule is CC(OC(=O)Cc1csc(-c2cccs2)n1)C(=O)Nc1cccc(Cl)c1Cl. The smallest absolute Gasteiger partial charge is 0.312 e. The molecule has 1 N–H and O–H groups in total. The molecule has 0 spiro atoms. The van der Waals surface area contributed by atoms with Gasteiger partial charge >= 0.3 is 5.97 Å². The summed E-state index contributed by atoms with van der Waals surface area (Å²) in [5, 5.41) is 7.79. The molecule has 0 radical (unpaired) electrons. The van der Waals surface area contributed by atoms with Crippen molar-refractivity contribution in [2.45, 2.75) is 19.4 Å². The van der Waals surface area contributed by atoms with E-state index >= 15 is 0 Å². The van der Waals surface area contributed by atoms with Crippen molar-refractivity contribution < 1.29 is 14.3 Å². The zero-order valence-electron chi connectivity index (χ0n) is 14.1. The van der Waals surface area contributed by atoms with Gasteiger partial charge in [-0.1, -0.05) is 35.3 Å². The molecule has 9 heteroatoms. The van der Waals surface area contributed by atoms with Crippen molar-refractivity contribution in [1.82, 2.24) is 4.98 Å². The average Bonchev–Trinajstić information content (AvgIpc) is 3.30. The van der Waals surface area contributed by atoms with E-state index in [0.717, 1.165) is 9.88 Å². The minimum atomic E-state index is -0.983. The third-order valence-corrected chi connectivity index (χ3v) is 6.25. The second-order valence-electron chi connectivity index (χ2n) is 5.52. The van der Waals surface area contributed by atoms with Gasteiger partial charge in [-0.05, 0) is 30.5 Å². The summed E-state index contributed by atoms with van der Waals surface area (Å²) in [4.78, 5) is 29.8. The Morgan fingerprint density at radius 2 is 2.04 bits per heavy atom. The van der Waals surface area contributed by atoms with E-state index in [-0.39, 0.29) is 11.4 Å². The molecule has 3 rings (SSSR count). The number of rotatable bonds is 6. The maximum absolute atomic E-state index is 12.2. The molecule has 140 valence electrons. The third kappa shape index (κ3) is 5.07. The van der Waals surface area contributed by atoms with Crippen molar-refractivity contribution in [3.05, 3.63) is 56.8 Å². The number of esters is 1. The van der Waals surface area contributed by atoms with Gasteiger partial charge in [0.25, 0.3) is 5.91 Å². The van der Waals surface area contributed by atoms with E-state index in [0.29, 0.717) is 16.4 Å². The van der Waals surface area contributed by atoms with Gasteiger partial charge in [0, 0.05) is 5.38 Å². The number of thiazole rings is 1. The van der Waals surface area contributed by atoms with Crippen LogP contribution in [0.15, 0.2) is 41.1 Å². The lowest BCUT2D eigenvalue weighted by atomic mass is 10.3. The summed E-state index contributed by atoms with van der Waals surface area (Å²) in [6, 6.07) is 8.80. The Kier molecular flexibility index (Phi) is 6.49. The lowest BCUT2D eigenvalue weighted by Crippen LogP contribution is -2.30. The molecule has 5 nitrogen and oxygen atoms in total. The van der Waals surface area contributed by atoms with E-state index in [2.05, 4.69) is 10.3 Å². The number of thiophene rings is 1. The Balaban J connectivity index is 1.55. The molecular formula is C18H14Cl2N2O3S2. The van der Waals surface area contributed by atoms with Crippen LogP contribution in [0.25, 0.3) is 9.88 Å². The van der Waals surface area contributed by atoms with Crippen LogP contribution in [0, 0.1) is 0 Å². The Labute approximate surface area is 173 Å². The number of carbonyl (C=O) groups is 2. The molecule has 1 aromatic carbocycles. The molecule has 0 saturated carbocycles. The number of hydrogen-bond acceptors (Lipinski definition) is 6. The number of hydrogen-bond donors (Lipinski definition) is 1. The summed E-state index contributed by atoms with van der Waals surface area (Å²) in [7, 11) is 0. The number of aromatic nitrogens is 1. The van der Waals surface area contributed by atoms with Crippen molar-refractivity contribution in [3.8, 4) is 9.88 Å². The van der Waals surface area contributed by atoms with Crippen LogP contribution in [0.1, 0.15) is 12.6 Å². The molecule has 0 bridgehead atoms. The second-order valence-corrected chi connectivity index (χ2v) is 8.11. The van der Waals surface area contributed by atoms with Gasteiger partial charge < -0.3 is 10.1 Å². The topological polar surface area (TPSA) is 68.3 Å². The Hall–Kier alpha value is -1.93. The lowest BCUT2D eigenvalue weighted by molar-refractivity contribution is -0.152. The monoisotopic (exact) mass is 440 g/mol. The van der Waals surface area contributed by atoms with Crippen LogP contribution in [0.4, 0.5) is 5.69 Å². The highest BCUT2D eigenvalue weighted by Gasteiger charge is 2.20. The number of halogens is 2. The molecule has 3 aromatic rings. The predicted molar refractivity (Wildman–Crippen MR) is 110 cm³/mol. The molecule has 0 aliphatic heterocycles. The molecule has 0 aliphatic carbocycles. The van der Waals surface area contributed by atoms with E-state index in [1.54, 1.807) is 29.5 Å². The van der Waals surface area contributed by atoms with Crippen LogP contribution in [-0.4, -0.2) is 23.0 Å². The number of carbonyl (C=O) groups excluding carboxylic acids is 2. The van der Waals surface area contributed by atoms with E-state index in [9.17, 15) is 9.59 Å². The standard InChI is InChI=1S/C18H14Cl2N2O3S2/c1-10(17(24)22-13-5-2-4-12(19)16(13)20)25-15(23)8-11-9-27-18(21-11)14-6-3-7-26-14/h2-7,9-10H,8H2,1H3,(H,22,24). The van der Waals surface area contributed by atoms with E-state index in [1.807, 2.05) is 22.9 Å². The minimum Gasteiger partial charge on any atom is -0.452 e. The first-order valence-corrected chi connectivity index (χ1v) is 10.4. The highest BCUT2D eigenvalue weighted by Crippen LogP contribution is 2.30. The minimum absolute atomic E-state index is 0.00256. The van der Waals surface area contributed by atoms with Crippen molar-refractivity contribution in [1.29, 1.82) is 0 Å². The van der Waals surface area contributed by atoms with Crippen LogP contribution in [0.5, 0.6) is 0 Å². The normalized spacial score (nSPS) is 11.8. The van der Waals surface area contributed by atoms with Gasteiger partial charge in [0.2, 0.25) is 0 Å². The number of benzene rings is 1. The van der Waals surface area contributed by atoms with Gasteiger partial charge in [0.05, 0.1) is 32.7 Å². The summed E-state index contributed by atoms with van der Waals surface area (Å²) >= 11 is 15.0. The number of ether oxygens (including phenoxy) is 1. The first-order valence-electron chi connectivity index (χ1n) is 7.86. The second kappa shape index (κ2) is 8.84. The van der Waals surface area contributed by atoms with E-state index in [4.69, 9.17) is 27.9 Å². The van der Waals surface area contributed by atoms with Crippen LogP contribution < -0.4 is 5.32 Å². The maximum Gasteiger partial charge on any atom is 0.312 e. The molecule has 1 atom stereocenters. The summed E-state index contributed by atoms with van der Waals surface area (Å²) in [6.07, 6.45) is -0.986. The fourth-order valence-corrected chi connectivity index (χ4v) is 4.16. The zero-order chi connectivity index (χ0) is 19.4. The van der Waals surface area contributed by atoms with Crippen LogP contribution in [0.2, 0.25) is 10.0 Å². The molecule has 0 fully saturated rings. The van der Waals surface area contributed by atoms with Crippen molar-refractivity contribution in [2.75, 3.05) is 5.32 Å². The molecular weight excluding hydrogens is 427 g/mol. The fraction of sp³-hybridized carbons (Fsp3) is 0.167. The average molecular weight is 441 g/mol. The summed E-state index contributed by atoms with van der Waals surface area (Å²) in [5.74, 6) is -1.03. The predicted octanol–water partition coefficient (Wildman–Crippen LogP) is 5.29.